The first kappa shape index (κ1) is 14.7. The van der Waals surface area contributed by atoms with E-state index in [-0.39, 0.29) is 5.75 Å². The van der Waals surface area contributed by atoms with E-state index in [9.17, 15) is 9.59 Å². The molecule has 1 rings (SSSR count). The number of ether oxygens (including phenoxy) is 3. The van der Waals surface area contributed by atoms with Gasteiger partial charge < -0.3 is 14.2 Å². The molecular weight excluding hydrogens is 351 g/mol. The Hall–Kier alpha value is -1.31. The smallest absolute Gasteiger partial charge is 0.339 e. The van der Waals surface area contributed by atoms with Gasteiger partial charge in [-0.2, -0.15) is 0 Å². The van der Waals surface area contributed by atoms with Gasteiger partial charge in [-0.05, 0) is 41.6 Å². The molecule has 0 aromatic heterocycles. The summed E-state index contributed by atoms with van der Waals surface area (Å²) >= 11 is 1.97. The van der Waals surface area contributed by atoms with Crippen molar-refractivity contribution in [3.05, 3.63) is 21.3 Å². The van der Waals surface area contributed by atoms with Crippen molar-refractivity contribution in [2.75, 3.05) is 13.7 Å². The van der Waals surface area contributed by atoms with Gasteiger partial charge in [0.05, 0.1) is 19.3 Å². The number of hydrogen-bond donors (Lipinski definition) is 0. The van der Waals surface area contributed by atoms with Crippen molar-refractivity contribution >= 4 is 34.5 Å². The number of carbonyl (C=O) groups is 2. The minimum absolute atomic E-state index is 0.280. The molecule has 0 atom stereocenters. The Kier molecular flexibility index (Phi) is 5.39. The van der Waals surface area contributed by atoms with Gasteiger partial charge in [-0.1, -0.05) is 0 Å². The molecule has 0 saturated carbocycles. The van der Waals surface area contributed by atoms with Crippen LogP contribution in [0.1, 0.15) is 24.2 Å². The summed E-state index contributed by atoms with van der Waals surface area (Å²) in [7, 11) is 1.43. The minimum atomic E-state index is -0.451. The van der Waals surface area contributed by atoms with E-state index in [1.54, 1.807) is 13.0 Å². The Morgan fingerprint density at radius 2 is 1.94 bits per heavy atom. The second kappa shape index (κ2) is 6.58. The molecule has 6 heteroatoms. The van der Waals surface area contributed by atoms with Crippen molar-refractivity contribution in [2.45, 2.75) is 13.8 Å². The molecule has 0 spiro atoms. The normalized spacial score (nSPS) is 9.78. The van der Waals surface area contributed by atoms with E-state index in [2.05, 4.69) is 0 Å². The summed E-state index contributed by atoms with van der Waals surface area (Å²) in [5.41, 5.74) is 0.380. The topological polar surface area (TPSA) is 61.8 Å². The van der Waals surface area contributed by atoms with Crippen molar-refractivity contribution in [3.63, 3.8) is 0 Å². The van der Waals surface area contributed by atoms with Crippen molar-refractivity contribution in [3.8, 4) is 11.5 Å². The van der Waals surface area contributed by atoms with Gasteiger partial charge in [-0.3, -0.25) is 4.79 Å². The fourth-order valence-corrected chi connectivity index (χ4v) is 1.95. The highest BCUT2D eigenvalue weighted by Gasteiger charge is 2.17. The molecule has 5 nitrogen and oxygen atoms in total. The van der Waals surface area contributed by atoms with Crippen LogP contribution < -0.4 is 9.47 Å². The highest BCUT2D eigenvalue weighted by molar-refractivity contribution is 14.1. The predicted octanol–water partition coefficient (Wildman–Crippen LogP) is 2.40. The van der Waals surface area contributed by atoms with Crippen molar-refractivity contribution in [1.29, 1.82) is 0 Å². The SMILES string of the molecule is CCOC(=O)c1cc(OC)c(OC(C)=O)cc1I. The zero-order valence-corrected chi connectivity index (χ0v) is 12.4. The maximum absolute atomic E-state index is 11.7. The van der Waals surface area contributed by atoms with Crippen LogP contribution in [0, 0.1) is 3.57 Å². The molecule has 0 radical (unpaired) electrons. The molecule has 1 aromatic carbocycles. The van der Waals surface area contributed by atoms with E-state index >= 15 is 0 Å². The number of esters is 2. The van der Waals surface area contributed by atoms with Crippen LogP contribution in [0.15, 0.2) is 12.1 Å². The number of methoxy groups -OCH3 is 1. The van der Waals surface area contributed by atoms with Gasteiger partial charge in [0.2, 0.25) is 0 Å². The van der Waals surface area contributed by atoms with Crippen LogP contribution in [-0.4, -0.2) is 25.7 Å². The molecule has 0 N–H and O–H groups in total. The summed E-state index contributed by atoms with van der Waals surface area (Å²) in [5, 5.41) is 0. The number of benzene rings is 1. The monoisotopic (exact) mass is 364 g/mol. The van der Waals surface area contributed by atoms with E-state index < -0.39 is 11.9 Å². The Balaban J connectivity index is 3.17. The highest BCUT2D eigenvalue weighted by atomic mass is 127. The van der Waals surface area contributed by atoms with E-state index in [0.717, 1.165) is 0 Å². The predicted molar refractivity (Wildman–Crippen MR) is 73.0 cm³/mol. The van der Waals surface area contributed by atoms with Gasteiger partial charge in [0.15, 0.2) is 11.5 Å². The van der Waals surface area contributed by atoms with Gasteiger partial charge in [0, 0.05) is 10.5 Å². The van der Waals surface area contributed by atoms with Crippen molar-refractivity contribution in [2.24, 2.45) is 0 Å². The lowest BCUT2D eigenvalue weighted by Gasteiger charge is -2.11. The third-order valence-corrected chi connectivity index (χ3v) is 2.89. The van der Waals surface area contributed by atoms with Crippen molar-refractivity contribution in [1.82, 2.24) is 0 Å². The van der Waals surface area contributed by atoms with Crippen LogP contribution in [0.25, 0.3) is 0 Å². The van der Waals surface area contributed by atoms with Crippen LogP contribution >= 0.6 is 22.6 Å². The first-order valence-corrected chi connectivity index (χ1v) is 6.30. The quantitative estimate of drug-likeness (QED) is 0.467. The second-order valence-corrected chi connectivity index (χ2v) is 4.46. The average molecular weight is 364 g/mol. The van der Waals surface area contributed by atoms with Gasteiger partial charge >= 0.3 is 11.9 Å². The minimum Gasteiger partial charge on any atom is -0.493 e. The fraction of sp³-hybridized carbons (Fsp3) is 0.333. The molecular formula is C12H13IO5. The second-order valence-electron chi connectivity index (χ2n) is 3.30. The zero-order valence-electron chi connectivity index (χ0n) is 10.3. The van der Waals surface area contributed by atoms with E-state index in [1.165, 1.54) is 20.1 Å². The molecule has 0 saturated heterocycles. The summed E-state index contributed by atoms with van der Waals surface area (Å²) in [6, 6.07) is 3.06. The van der Waals surface area contributed by atoms with Gasteiger partial charge in [0.25, 0.3) is 0 Å². The molecule has 18 heavy (non-hydrogen) atoms. The highest BCUT2D eigenvalue weighted by Crippen LogP contribution is 2.32. The molecule has 1 aromatic rings. The Bertz CT molecular complexity index is 470. The van der Waals surface area contributed by atoms with Gasteiger partial charge in [0.1, 0.15) is 0 Å². The molecule has 0 aliphatic rings. The summed E-state index contributed by atoms with van der Waals surface area (Å²) in [5.74, 6) is -0.293. The van der Waals surface area contributed by atoms with Crippen LogP contribution in [0.5, 0.6) is 11.5 Å². The Labute approximate surface area is 119 Å². The third-order valence-electron chi connectivity index (χ3n) is 2.00. The maximum atomic E-state index is 11.7. The standard InChI is InChI=1S/C12H13IO5/c1-4-17-12(15)8-5-10(16-3)11(6-9(8)13)18-7(2)14/h5-6H,4H2,1-3H3. The first-order chi connectivity index (χ1) is 8.49. The zero-order chi connectivity index (χ0) is 13.7. The number of rotatable bonds is 4. The lowest BCUT2D eigenvalue weighted by Crippen LogP contribution is -2.09. The molecule has 98 valence electrons. The molecule has 0 aliphatic carbocycles. The molecule has 0 heterocycles. The molecule has 0 unspecified atom stereocenters. The third kappa shape index (κ3) is 3.59. The Morgan fingerprint density at radius 1 is 1.28 bits per heavy atom. The van der Waals surface area contributed by atoms with Crippen LogP contribution in [0.3, 0.4) is 0 Å². The molecule has 0 aliphatic heterocycles. The van der Waals surface area contributed by atoms with E-state index in [1.807, 2.05) is 22.6 Å². The van der Waals surface area contributed by atoms with Crippen LogP contribution in [0.4, 0.5) is 0 Å². The van der Waals surface area contributed by atoms with Gasteiger partial charge in [-0.15, -0.1) is 0 Å². The number of halogens is 1. The summed E-state index contributed by atoms with van der Waals surface area (Å²) in [6.45, 7) is 3.32. The lowest BCUT2D eigenvalue weighted by atomic mass is 10.2. The number of hydrogen-bond acceptors (Lipinski definition) is 5. The fourth-order valence-electron chi connectivity index (χ4n) is 1.29. The number of carbonyl (C=O) groups excluding carboxylic acids is 2. The molecule has 0 bridgehead atoms. The molecule has 0 fully saturated rings. The van der Waals surface area contributed by atoms with Gasteiger partial charge in [-0.25, -0.2) is 4.79 Å². The van der Waals surface area contributed by atoms with E-state index in [0.29, 0.717) is 21.5 Å². The summed E-state index contributed by atoms with van der Waals surface area (Å²) < 4.78 is 15.6. The molecule has 0 amide bonds. The largest absolute Gasteiger partial charge is 0.493 e. The van der Waals surface area contributed by atoms with Crippen molar-refractivity contribution < 1.29 is 23.8 Å². The van der Waals surface area contributed by atoms with Crippen LogP contribution in [0.2, 0.25) is 0 Å². The average Bonchev–Trinajstić information content (AvgIpc) is 2.28. The first-order valence-electron chi connectivity index (χ1n) is 5.22. The van der Waals surface area contributed by atoms with Crippen LogP contribution in [-0.2, 0) is 9.53 Å². The summed E-state index contributed by atoms with van der Waals surface area (Å²) in [4.78, 5) is 22.6. The maximum Gasteiger partial charge on any atom is 0.339 e. The lowest BCUT2D eigenvalue weighted by molar-refractivity contribution is -0.132. The summed E-state index contributed by atoms with van der Waals surface area (Å²) in [6.07, 6.45) is 0. The Morgan fingerprint density at radius 3 is 2.44 bits per heavy atom. The van der Waals surface area contributed by atoms with E-state index in [4.69, 9.17) is 14.2 Å².